The van der Waals surface area contributed by atoms with E-state index in [2.05, 4.69) is 5.32 Å². The van der Waals surface area contributed by atoms with Gasteiger partial charge >= 0.3 is 6.18 Å². The first-order valence-corrected chi connectivity index (χ1v) is 8.70. The van der Waals surface area contributed by atoms with Crippen molar-refractivity contribution < 1.29 is 22.8 Å². The maximum absolute atomic E-state index is 12.9. The molecule has 0 aliphatic heterocycles. The van der Waals surface area contributed by atoms with Gasteiger partial charge in [-0.3, -0.25) is 9.59 Å². The standard InChI is InChI=1S/C18H26F3N3O2/c1-3-7-24(8-4-2)17(26)6-5-16(25)23-15-10-13(12-22)9-14(11-15)18(19,20)21/h9-11H,3-8,12,22H2,1-2H3,(H,23,25). The second kappa shape index (κ2) is 10.2. The molecule has 0 aromatic heterocycles. The van der Waals surface area contributed by atoms with E-state index in [-0.39, 0.29) is 36.5 Å². The van der Waals surface area contributed by atoms with E-state index >= 15 is 0 Å². The van der Waals surface area contributed by atoms with Crippen LogP contribution in [0.1, 0.15) is 50.7 Å². The molecule has 0 saturated carbocycles. The monoisotopic (exact) mass is 373 g/mol. The van der Waals surface area contributed by atoms with E-state index in [0.29, 0.717) is 13.1 Å². The molecular formula is C18H26F3N3O2. The maximum atomic E-state index is 12.9. The topological polar surface area (TPSA) is 75.4 Å². The summed E-state index contributed by atoms with van der Waals surface area (Å²) in [6, 6.07) is 3.21. The third kappa shape index (κ3) is 7.03. The third-order valence-electron chi connectivity index (χ3n) is 3.75. The van der Waals surface area contributed by atoms with Crippen molar-refractivity contribution in [3.8, 4) is 0 Å². The van der Waals surface area contributed by atoms with Crippen LogP contribution in [0.2, 0.25) is 0 Å². The normalized spacial score (nSPS) is 11.3. The molecule has 26 heavy (non-hydrogen) atoms. The van der Waals surface area contributed by atoms with Gasteiger partial charge in [0, 0.05) is 38.2 Å². The van der Waals surface area contributed by atoms with Crippen molar-refractivity contribution in [2.24, 2.45) is 5.73 Å². The summed E-state index contributed by atoms with van der Waals surface area (Å²) in [4.78, 5) is 25.9. The first kappa shape index (κ1) is 22.0. The van der Waals surface area contributed by atoms with Crippen molar-refractivity contribution in [3.63, 3.8) is 0 Å². The molecule has 0 bridgehead atoms. The highest BCUT2D eigenvalue weighted by Gasteiger charge is 2.31. The van der Waals surface area contributed by atoms with E-state index in [1.807, 2.05) is 13.8 Å². The highest BCUT2D eigenvalue weighted by molar-refractivity contribution is 5.93. The number of nitrogens with zero attached hydrogens (tertiary/aromatic N) is 1. The summed E-state index contributed by atoms with van der Waals surface area (Å²) in [5, 5.41) is 2.42. The summed E-state index contributed by atoms with van der Waals surface area (Å²) in [5.41, 5.74) is 4.84. The van der Waals surface area contributed by atoms with Gasteiger partial charge in [0.25, 0.3) is 0 Å². The summed E-state index contributed by atoms with van der Waals surface area (Å²) in [6.07, 6.45) is -2.94. The zero-order valence-electron chi connectivity index (χ0n) is 15.2. The van der Waals surface area contributed by atoms with E-state index in [4.69, 9.17) is 5.73 Å². The summed E-state index contributed by atoms with van der Waals surface area (Å²) in [7, 11) is 0. The number of amides is 2. The predicted molar refractivity (Wildman–Crippen MR) is 94.4 cm³/mol. The Hall–Kier alpha value is -2.09. The average Bonchev–Trinajstić information content (AvgIpc) is 2.58. The zero-order chi connectivity index (χ0) is 19.7. The molecule has 3 N–H and O–H groups in total. The minimum Gasteiger partial charge on any atom is -0.343 e. The van der Waals surface area contributed by atoms with Crippen LogP contribution < -0.4 is 11.1 Å². The number of benzene rings is 1. The Morgan fingerprint density at radius 2 is 1.69 bits per heavy atom. The maximum Gasteiger partial charge on any atom is 0.416 e. The summed E-state index contributed by atoms with van der Waals surface area (Å²) in [5.74, 6) is -0.635. The second-order valence-corrected chi connectivity index (χ2v) is 6.05. The minimum atomic E-state index is -4.53. The number of nitrogens with one attached hydrogen (secondary N) is 1. The first-order valence-electron chi connectivity index (χ1n) is 8.70. The highest BCUT2D eigenvalue weighted by atomic mass is 19.4. The lowest BCUT2D eigenvalue weighted by Crippen LogP contribution is -2.33. The molecule has 0 aliphatic rings. The fourth-order valence-corrected chi connectivity index (χ4v) is 2.55. The lowest BCUT2D eigenvalue weighted by molar-refractivity contribution is -0.137. The number of halogens is 3. The van der Waals surface area contributed by atoms with Crippen molar-refractivity contribution in [1.82, 2.24) is 4.90 Å². The Labute approximate surface area is 151 Å². The van der Waals surface area contributed by atoms with Crippen LogP contribution >= 0.6 is 0 Å². The van der Waals surface area contributed by atoms with Crippen LogP contribution in [0.3, 0.4) is 0 Å². The van der Waals surface area contributed by atoms with Crippen LogP contribution in [0.5, 0.6) is 0 Å². The van der Waals surface area contributed by atoms with E-state index in [0.717, 1.165) is 25.0 Å². The van der Waals surface area contributed by atoms with Gasteiger partial charge in [-0.2, -0.15) is 13.2 Å². The van der Waals surface area contributed by atoms with Gasteiger partial charge in [0.15, 0.2) is 0 Å². The Morgan fingerprint density at radius 3 is 2.19 bits per heavy atom. The number of hydrogen-bond donors (Lipinski definition) is 2. The summed E-state index contributed by atoms with van der Waals surface area (Å²) >= 11 is 0. The number of carbonyl (C=O) groups is 2. The van der Waals surface area contributed by atoms with E-state index < -0.39 is 17.6 Å². The van der Waals surface area contributed by atoms with Crippen LogP contribution in [-0.2, 0) is 22.3 Å². The highest BCUT2D eigenvalue weighted by Crippen LogP contribution is 2.32. The molecule has 0 unspecified atom stereocenters. The molecule has 0 saturated heterocycles. The zero-order valence-corrected chi connectivity index (χ0v) is 15.2. The van der Waals surface area contributed by atoms with Crippen molar-refractivity contribution in [2.75, 3.05) is 18.4 Å². The number of rotatable bonds is 9. The van der Waals surface area contributed by atoms with Gasteiger partial charge < -0.3 is 16.0 Å². The molecule has 1 aromatic carbocycles. The van der Waals surface area contributed by atoms with Gasteiger partial charge in [0.1, 0.15) is 0 Å². The van der Waals surface area contributed by atoms with Gasteiger partial charge in [-0.25, -0.2) is 0 Å². The number of anilines is 1. The Balaban J connectivity index is 2.71. The van der Waals surface area contributed by atoms with E-state index in [9.17, 15) is 22.8 Å². The van der Waals surface area contributed by atoms with Crippen LogP contribution in [0, 0.1) is 0 Å². The SMILES string of the molecule is CCCN(CCC)C(=O)CCC(=O)Nc1cc(CN)cc(C(F)(F)F)c1. The Bertz CT molecular complexity index is 612. The lowest BCUT2D eigenvalue weighted by atomic mass is 10.1. The molecule has 0 atom stereocenters. The quantitative estimate of drug-likeness (QED) is 0.695. The van der Waals surface area contributed by atoms with Gasteiger partial charge in [0.05, 0.1) is 5.56 Å². The number of alkyl halides is 3. The van der Waals surface area contributed by atoms with Crippen LogP contribution in [0.25, 0.3) is 0 Å². The number of carbonyl (C=O) groups excluding carboxylic acids is 2. The van der Waals surface area contributed by atoms with Gasteiger partial charge in [-0.15, -0.1) is 0 Å². The minimum absolute atomic E-state index is 0.0224. The third-order valence-corrected chi connectivity index (χ3v) is 3.75. The molecule has 2 amide bonds. The van der Waals surface area contributed by atoms with Gasteiger partial charge in [-0.05, 0) is 36.6 Å². The van der Waals surface area contributed by atoms with E-state index in [1.54, 1.807) is 4.90 Å². The molecule has 1 rings (SSSR count). The molecule has 5 nitrogen and oxygen atoms in total. The molecule has 0 aliphatic carbocycles. The molecular weight excluding hydrogens is 347 g/mol. The lowest BCUT2D eigenvalue weighted by Gasteiger charge is -2.21. The van der Waals surface area contributed by atoms with Crippen LogP contribution in [0.15, 0.2) is 18.2 Å². The molecule has 0 radical (unpaired) electrons. The Kier molecular flexibility index (Phi) is 8.57. The van der Waals surface area contributed by atoms with Gasteiger partial charge in [0.2, 0.25) is 11.8 Å². The molecule has 0 heterocycles. The van der Waals surface area contributed by atoms with Crippen LogP contribution in [-0.4, -0.2) is 29.8 Å². The predicted octanol–water partition coefficient (Wildman–Crippen LogP) is 3.53. The molecule has 0 spiro atoms. The van der Waals surface area contributed by atoms with Gasteiger partial charge in [-0.1, -0.05) is 13.8 Å². The summed E-state index contributed by atoms with van der Waals surface area (Å²) in [6.45, 7) is 5.11. The molecule has 146 valence electrons. The molecule has 0 fully saturated rings. The van der Waals surface area contributed by atoms with Crippen LogP contribution in [0.4, 0.5) is 18.9 Å². The average molecular weight is 373 g/mol. The van der Waals surface area contributed by atoms with Crippen molar-refractivity contribution >= 4 is 17.5 Å². The first-order chi connectivity index (χ1) is 12.2. The molecule has 8 heteroatoms. The smallest absolute Gasteiger partial charge is 0.343 e. The Morgan fingerprint density at radius 1 is 1.08 bits per heavy atom. The number of nitrogens with two attached hydrogens (primary N) is 1. The second-order valence-electron chi connectivity index (χ2n) is 6.05. The largest absolute Gasteiger partial charge is 0.416 e. The fourth-order valence-electron chi connectivity index (χ4n) is 2.55. The van der Waals surface area contributed by atoms with Crippen molar-refractivity contribution in [2.45, 2.75) is 52.3 Å². The molecule has 1 aromatic rings. The van der Waals surface area contributed by atoms with E-state index in [1.165, 1.54) is 6.07 Å². The van der Waals surface area contributed by atoms with Crippen molar-refractivity contribution in [1.29, 1.82) is 0 Å². The fraction of sp³-hybridized carbons (Fsp3) is 0.556. The summed E-state index contributed by atoms with van der Waals surface area (Å²) < 4.78 is 38.7. The number of hydrogen-bond acceptors (Lipinski definition) is 3. The van der Waals surface area contributed by atoms with Crippen molar-refractivity contribution in [3.05, 3.63) is 29.3 Å².